The number of benzene rings is 2. The van der Waals surface area contributed by atoms with Gasteiger partial charge in [-0.25, -0.2) is 8.42 Å². The molecule has 0 saturated carbocycles. The molecular weight excluding hydrogens is 276 g/mol. The van der Waals surface area contributed by atoms with Crippen LogP contribution in [0.1, 0.15) is 19.4 Å². The Hall–Kier alpha value is -1.85. The maximum Gasteiger partial charge on any atom is 0.213 e. The highest BCUT2D eigenvalue weighted by atomic mass is 32.2. The number of para-hydroxylation sites is 1. The summed E-state index contributed by atoms with van der Waals surface area (Å²) >= 11 is 0. The molecule has 0 fully saturated rings. The smallest absolute Gasteiger partial charge is 0.213 e. The van der Waals surface area contributed by atoms with Crippen LogP contribution in [0.3, 0.4) is 0 Å². The molecule has 0 amide bonds. The minimum atomic E-state index is -3.62. The zero-order valence-electron chi connectivity index (χ0n) is 11.1. The molecule has 1 aliphatic rings. The second-order valence-electron chi connectivity index (χ2n) is 5.27. The molecule has 0 aliphatic carbocycles. The number of rotatable bonds is 1. The highest BCUT2D eigenvalue weighted by molar-refractivity contribution is 7.91. The van der Waals surface area contributed by atoms with Gasteiger partial charge in [-0.15, -0.1) is 0 Å². The highest BCUT2D eigenvalue weighted by Gasteiger charge is 2.32. The van der Waals surface area contributed by atoms with Crippen molar-refractivity contribution >= 4 is 9.84 Å². The van der Waals surface area contributed by atoms with Gasteiger partial charge in [0.05, 0.1) is 5.60 Å². The zero-order valence-corrected chi connectivity index (χ0v) is 11.9. The molecule has 2 aromatic rings. The summed E-state index contributed by atoms with van der Waals surface area (Å²) in [6, 6.07) is 11.2. The molecular formula is C15H14O4S. The quantitative estimate of drug-likeness (QED) is 0.748. The number of fused-ring (bicyclic) bond motifs is 2. The number of aliphatic hydroxyl groups is 1. The first-order valence-corrected chi connectivity index (χ1v) is 7.67. The minimum Gasteiger partial charge on any atom is -0.455 e. The summed E-state index contributed by atoms with van der Waals surface area (Å²) in [4.78, 5) is 0.247. The Kier molecular flexibility index (Phi) is 2.68. The van der Waals surface area contributed by atoms with Crippen molar-refractivity contribution in [3.05, 3.63) is 48.0 Å². The van der Waals surface area contributed by atoms with E-state index in [9.17, 15) is 13.5 Å². The van der Waals surface area contributed by atoms with Gasteiger partial charge in [-0.3, -0.25) is 0 Å². The van der Waals surface area contributed by atoms with Crippen LogP contribution < -0.4 is 4.74 Å². The van der Waals surface area contributed by atoms with E-state index < -0.39 is 15.4 Å². The van der Waals surface area contributed by atoms with E-state index in [0.29, 0.717) is 11.3 Å². The minimum absolute atomic E-state index is 0.0934. The van der Waals surface area contributed by atoms with Crippen LogP contribution in [-0.4, -0.2) is 13.5 Å². The molecule has 20 heavy (non-hydrogen) atoms. The van der Waals surface area contributed by atoms with E-state index in [1.807, 2.05) is 0 Å². The molecule has 0 atom stereocenters. The van der Waals surface area contributed by atoms with E-state index in [2.05, 4.69) is 0 Å². The Labute approximate surface area is 117 Å². The molecule has 4 nitrogen and oxygen atoms in total. The first-order chi connectivity index (χ1) is 9.30. The number of ether oxygens (including phenoxy) is 1. The Morgan fingerprint density at radius 3 is 2.35 bits per heavy atom. The molecule has 1 aliphatic heterocycles. The van der Waals surface area contributed by atoms with Crippen LogP contribution in [0.5, 0.6) is 11.5 Å². The molecule has 0 aromatic heterocycles. The number of hydrogen-bond acceptors (Lipinski definition) is 4. The average molecular weight is 290 g/mol. The van der Waals surface area contributed by atoms with Crippen molar-refractivity contribution < 1.29 is 18.3 Å². The fourth-order valence-electron chi connectivity index (χ4n) is 2.18. The molecule has 0 unspecified atom stereocenters. The summed E-state index contributed by atoms with van der Waals surface area (Å²) < 4.78 is 30.8. The fourth-order valence-corrected chi connectivity index (χ4v) is 3.70. The van der Waals surface area contributed by atoms with E-state index in [-0.39, 0.29) is 15.5 Å². The van der Waals surface area contributed by atoms with Crippen molar-refractivity contribution in [2.24, 2.45) is 0 Å². The third-order valence-corrected chi connectivity index (χ3v) is 5.11. The summed E-state index contributed by atoms with van der Waals surface area (Å²) in [5, 5.41) is 10.0. The predicted octanol–water partition coefficient (Wildman–Crippen LogP) is 2.85. The van der Waals surface area contributed by atoms with Gasteiger partial charge < -0.3 is 9.84 Å². The highest BCUT2D eigenvalue weighted by Crippen LogP contribution is 2.43. The molecule has 5 heteroatoms. The van der Waals surface area contributed by atoms with Gasteiger partial charge >= 0.3 is 0 Å². The van der Waals surface area contributed by atoms with Crippen LogP contribution in [0.25, 0.3) is 0 Å². The number of sulfone groups is 1. The van der Waals surface area contributed by atoms with Crippen LogP contribution in [0.15, 0.2) is 52.3 Å². The summed E-state index contributed by atoms with van der Waals surface area (Å²) in [5.74, 6) is 0.618. The van der Waals surface area contributed by atoms with Crippen LogP contribution in [-0.2, 0) is 15.4 Å². The topological polar surface area (TPSA) is 63.6 Å². The van der Waals surface area contributed by atoms with E-state index in [1.54, 1.807) is 44.2 Å². The average Bonchev–Trinajstić information content (AvgIpc) is 2.37. The predicted molar refractivity (Wildman–Crippen MR) is 73.7 cm³/mol. The molecule has 0 spiro atoms. The molecule has 3 rings (SSSR count). The lowest BCUT2D eigenvalue weighted by molar-refractivity contribution is 0.0783. The van der Waals surface area contributed by atoms with Crippen LogP contribution in [0.2, 0.25) is 0 Å². The second-order valence-corrected chi connectivity index (χ2v) is 7.16. The lowest BCUT2D eigenvalue weighted by Gasteiger charge is -2.23. The lowest BCUT2D eigenvalue weighted by Crippen LogP contribution is -2.18. The summed E-state index contributed by atoms with van der Waals surface area (Å²) in [7, 11) is -3.62. The van der Waals surface area contributed by atoms with Gasteiger partial charge in [-0.05, 0) is 43.7 Å². The van der Waals surface area contributed by atoms with Crippen LogP contribution >= 0.6 is 0 Å². The monoisotopic (exact) mass is 290 g/mol. The van der Waals surface area contributed by atoms with Crippen molar-refractivity contribution in [3.8, 4) is 11.5 Å². The molecule has 0 bridgehead atoms. The zero-order chi connectivity index (χ0) is 14.5. The van der Waals surface area contributed by atoms with E-state index >= 15 is 0 Å². The van der Waals surface area contributed by atoms with Crippen molar-refractivity contribution in [1.82, 2.24) is 0 Å². The van der Waals surface area contributed by atoms with Crippen molar-refractivity contribution in [2.45, 2.75) is 29.2 Å². The van der Waals surface area contributed by atoms with Gasteiger partial charge in [0.2, 0.25) is 9.84 Å². The maximum absolute atomic E-state index is 12.6. The fraction of sp³-hybridized carbons (Fsp3) is 0.200. The van der Waals surface area contributed by atoms with Gasteiger partial charge in [0.15, 0.2) is 0 Å². The van der Waals surface area contributed by atoms with Crippen LogP contribution in [0.4, 0.5) is 0 Å². The molecule has 0 radical (unpaired) electrons. The Bertz CT molecular complexity index is 786. The summed E-state index contributed by atoms with van der Waals surface area (Å²) in [6.07, 6.45) is 0. The Morgan fingerprint density at radius 2 is 1.65 bits per heavy atom. The van der Waals surface area contributed by atoms with E-state index in [1.165, 1.54) is 12.1 Å². The Morgan fingerprint density at radius 1 is 1.00 bits per heavy atom. The standard InChI is InChI=1S/C15H14O4S/c1-15(2,16)10-7-8-12-14(9-10)20(17,18)13-6-4-3-5-11(13)19-12/h3-9,16H,1-2H3. The van der Waals surface area contributed by atoms with E-state index in [4.69, 9.17) is 4.74 Å². The molecule has 104 valence electrons. The third-order valence-electron chi connectivity index (χ3n) is 3.30. The van der Waals surface area contributed by atoms with Crippen molar-refractivity contribution in [2.75, 3.05) is 0 Å². The molecule has 2 aromatic carbocycles. The first-order valence-electron chi connectivity index (χ1n) is 6.19. The Balaban J connectivity index is 2.26. The van der Waals surface area contributed by atoms with Gasteiger partial charge in [-0.1, -0.05) is 18.2 Å². The molecule has 0 saturated heterocycles. The normalized spacial score (nSPS) is 15.9. The SMILES string of the molecule is CC(C)(O)c1ccc2c(c1)S(=O)(=O)c1ccccc1O2. The third kappa shape index (κ3) is 1.90. The van der Waals surface area contributed by atoms with Gasteiger partial charge in [0, 0.05) is 0 Å². The lowest BCUT2D eigenvalue weighted by atomic mass is 9.98. The van der Waals surface area contributed by atoms with Gasteiger partial charge in [0.1, 0.15) is 21.3 Å². The first kappa shape index (κ1) is 13.1. The number of hydrogen-bond donors (Lipinski definition) is 1. The molecule has 1 heterocycles. The van der Waals surface area contributed by atoms with Crippen LogP contribution in [0, 0.1) is 0 Å². The molecule has 1 N–H and O–H groups in total. The summed E-state index contributed by atoms with van der Waals surface area (Å²) in [6.45, 7) is 3.22. The second kappa shape index (κ2) is 4.07. The van der Waals surface area contributed by atoms with Crippen molar-refractivity contribution in [3.63, 3.8) is 0 Å². The van der Waals surface area contributed by atoms with Gasteiger partial charge in [-0.2, -0.15) is 0 Å². The summed E-state index contributed by atoms with van der Waals surface area (Å²) in [5.41, 5.74) is -0.579. The van der Waals surface area contributed by atoms with E-state index in [0.717, 1.165) is 0 Å². The largest absolute Gasteiger partial charge is 0.455 e. The van der Waals surface area contributed by atoms with Crippen molar-refractivity contribution in [1.29, 1.82) is 0 Å². The van der Waals surface area contributed by atoms with Gasteiger partial charge in [0.25, 0.3) is 0 Å². The maximum atomic E-state index is 12.6.